The van der Waals surface area contributed by atoms with Crippen LogP contribution in [0.2, 0.25) is 0 Å². The first kappa shape index (κ1) is 22.9. The van der Waals surface area contributed by atoms with E-state index in [0.29, 0.717) is 6.54 Å². The third-order valence-electron chi connectivity index (χ3n) is 5.32. The summed E-state index contributed by atoms with van der Waals surface area (Å²) in [7, 11) is -0.815. The summed E-state index contributed by atoms with van der Waals surface area (Å²) >= 11 is 0. The van der Waals surface area contributed by atoms with Crippen molar-refractivity contribution in [2.45, 2.75) is 37.3 Å². The Morgan fingerprint density at radius 2 is 1.89 bits per heavy atom. The number of nitrogens with zero attached hydrogens (tertiary/aromatic N) is 1. The molecule has 5 nitrogen and oxygen atoms in total. The lowest BCUT2D eigenvalue weighted by Crippen LogP contribution is -2.50. The van der Waals surface area contributed by atoms with Gasteiger partial charge in [-0.05, 0) is 38.9 Å². The van der Waals surface area contributed by atoms with Crippen molar-refractivity contribution in [2.24, 2.45) is 11.8 Å². The molecule has 1 aliphatic rings. The minimum absolute atomic E-state index is 0.00363. The number of halogens is 4. The van der Waals surface area contributed by atoms with Gasteiger partial charge in [-0.1, -0.05) is 25.5 Å². The second-order valence-corrected chi connectivity index (χ2v) is 8.93. The quantitative estimate of drug-likeness (QED) is 0.392. The fourth-order valence-electron chi connectivity index (χ4n) is 4.17. The van der Waals surface area contributed by atoms with E-state index >= 15 is 4.39 Å². The van der Waals surface area contributed by atoms with Crippen molar-refractivity contribution in [3.63, 3.8) is 0 Å². The molecular weight excluding hydrogens is 402 g/mol. The van der Waals surface area contributed by atoms with E-state index in [2.05, 4.69) is 4.18 Å². The average molecular weight is 427 g/mol. The summed E-state index contributed by atoms with van der Waals surface area (Å²) in [6.07, 6.45) is 2.38. The topological polar surface area (TPSA) is 55.8 Å². The Labute approximate surface area is 162 Å². The fraction of sp³-hybridized carbons (Fsp3) is 0.667. The first-order valence-electron chi connectivity index (χ1n) is 8.86. The van der Waals surface area contributed by atoms with Crippen LogP contribution in [0.15, 0.2) is 18.2 Å². The Balaban J connectivity index is 2.58. The van der Waals surface area contributed by atoms with Gasteiger partial charge in [-0.2, -0.15) is 21.6 Å². The molecule has 10 heteroatoms. The van der Waals surface area contributed by atoms with E-state index < -0.39 is 32.8 Å². The molecule has 28 heavy (non-hydrogen) atoms. The molecule has 0 aromatic heterocycles. The lowest BCUT2D eigenvalue weighted by atomic mass is 9.65. The smallest absolute Gasteiger partial charge is 0.373 e. The number of rotatable bonds is 6. The molecule has 0 saturated heterocycles. The maximum absolute atomic E-state index is 15.2. The lowest BCUT2D eigenvalue weighted by molar-refractivity contribution is -0.132. The third kappa shape index (κ3) is 4.13. The second kappa shape index (κ2) is 8.16. The molecule has 1 aromatic rings. The molecule has 3 atom stereocenters. The number of ether oxygens (including phenoxy) is 1. The molecule has 1 saturated carbocycles. The fourth-order valence-corrected chi connectivity index (χ4v) is 4.63. The molecule has 0 spiro atoms. The molecule has 0 aliphatic heterocycles. The summed E-state index contributed by atoms with van der Waals surface area (Å²) < 4.78 is 85.8. The van der Waals surface area contributed by atoms with Gasteiger partial charge >= 0.3 is 15.6 Å². The highest BCUT2D eigenvalue weighted by atomic mass is 32.2. The van der Waals surface area contributed by atoms with Crippen molar-refractivity contribution in [3.8, 4) is 5.75 Å². The van der Waals surface area contributed by atoms with Gasteiger partial charge in [0.25, 0.3) is 0 Å². The highest BCUT2D eigenvalue weighted by molar-refractivity contribution is 7.88. The minimum Gasteiger partial charge on any atom is -0.373 e. The van der Waals surface area contributed by atoms with Crippen molar-refractivity contribution in [1.82, 2.24) is 4.90 Å². The van der Waals surface area contributed by atoms with Crippen molar-refractivity contribution in [3.05, 3.63) is 29.6 Å². The summed E-state index contributed by atoms with van der Waals surface area (Å²) in [5.41, 5.74) is -6.77. The monoisotopic (exact) mass is 427 g/mol. The molecule has 2 rings (SSSR count). The van der Waals surface area contributed by atoms with Crippen LogP contribution >= 0.6 is 0 Å². The minimum atomic E-state index is -5.98. The van der Waals surface area contributed by atoms with Crippen molar-refractivity contribution in [1.29, 1.82) is 0 Å². The molecule has 3 unspecified atom stereocenters. The summed E-state index contributed by atoms with van der Waals surface area (Å²) in [4.78, 5) is 1.93. The van der Waals surface area contributed by atoms with Crippen LogP contribution in [0, 0.1) is 17.7 Å². The third-order valence-corrected chi connectivity index (χ3v) is 6.28. The van der Waals surface area contributed by atoms with E-state index in [0.717, 1.165) is 25.3 Å². The predicted molar refractivity (Wildman–Crippen MR) is 95.7 cm³/mol. The molecule has 160 valence electrons. The summed E-state index contributed by atoms with van der Waals surface area (Å²) in [5.74, 6) is -2.43. The van der Waals surface area contributed by atoms with E-state index in [9.17, 15) is 21.6 Å². The van der Waals surface area contributed by atoms with Gasteiger partial charge in [0.15, 0.2) is 11.6 Å². The van der Waals surface area contributed by atoms with Gasteiger partial charge in [-0.15, -0.1) is 0 Å². The van der Waals surface area contributed by atoms with Gasteiger partial charge < -0.3 is 13.8 Å². The maximum Gasteiger partial charge on any atom is 0.534 e. The highest BCUT2D eigenvalue weighted by Crippen LogP contribution is 2.50. The molecule has 0 heterocycles. The van der Waals surface area contributed by atoms with Crippen LogP contribution in [0.4, 0.5) is 17.6 Å². The van der Waals surface area contributed by atoms with Crippen LogP contribution in [0.25, 0.3) is 0 Å². The zero-order valence-electron chi connectivity index (χ0n) is 16.2. The van der Waals surface area contributed by atoms with Gasteiger partial charge in [0.05, 0.1) is 0 Å². The second-order valence-electron chi connectivity index (χ2n) is 7.39. The Kier molecular flexibility index (Phi) is 6.67. The Morgan fingerprint density at radius 1 is 1.25 bits per heavy atom. The van der Waals surface area contributed by atoms with E-state index in [1.54, 1.807) is 0 Å². The first-order chi connectivity index (χ1) is 12.9. The molecule has 1 aromatic carbocycles. The zero-order chi connectivity index (χ0) is 21.3. The van der Waals surface area contributed by atoms with Crippen molar-refractivity contribution in [2.75, 3.05) is 27.7 Å². The van der Waals surface area contributed by atoms with Gasteiger partial charge in [-0.25, -0.2) is 4.39 Å². The van der Waals surface area contributed by atoms with Gasteiger partial charge in [-0.3, -0.25) is 0 Å². The Bertz CT molecular complexity index is 797. The normalized spacial score (nSPS) is 26.5. The summed E-state index contributed by atoms with van der Waals surface area (Å²) in [5, 5.41) is 0. The standard InChI is InChI=1S/C18H25F4NO4S/c1-12-7-5-8-13(11-23(2)3)17(12,26-4)14-9-6-10-15(16(14)19)27-28(24,25)18(20,21)22/h6,9-10,12-13H,5,7-8,11H2,1-4H3. The molecule has 0 radical (unpaired) electrons. The Morgan fingerprint density at radius 3 is 2.43 bits per heavy atom. The number of hydrogen-bond acceptors (Lipinski definition) is 5. The largest absolute Gasteiger partial charge is 0.534 e. The number of benzene rings is 1. The molecule has 1 fully saturated rings. The molecular formula is C18H25F4NO4S. The van der Waals surface area contributed by atoms with E-state index in [-0.39, 0.29) is 17.4 Å². The van der Waals surface area contributed by atoms with E-state index in [1.165, 1.54) is 19.2 Å². The Hall–Kier alpha value is -1.39. The van der Waals surface area contributed by atoms with Crippen LogP contribution in [-0.4, -0.2) is 46.6 Å². The maximum atomic E-state index is 15.2. The van der Waals surface area contributed by atoms with Gasteiger partial charge in [0, 0.05) is 25.1 Å². The van der Waals surface area contributed by atoms with Crippen molar-refractivity contribution >= 4 is 10.1 Å². The summed E-state index contributed by atoms with van der Waals surface area (Å²) in [6.45, 7) is 2.47. The number of methoxy groups -OCH3 is 1. The predicted octanol–water partition coefficient (Wildman–Crippen LogP) is 3.89. The molecule has 0 bridgehead atoms. The zero-order valence-corrected chi connectivity index (χ0v) is 17.0. The van der Waals surface area contributed by atoms with Crippen LogP contribution in [0.3, 0.4) is 0 Å². The van der Waals surface area contributed by atoms with Gasteiger partial charge in [0.2, 0.25) is 0 Å². The van der Waals surface area contributed by atoms with E-state index in [4.69, 9.17) is 4.74 Å². The van der Waals surface area contributed by atoms with Crippen molar-refractivity contribution < 1.29 is 34.9 Å². The molecule has 0 N–H and O–H groups in total. The number of hydrogen-bond donors (Lipinski definition) is 0. The first-order valence-corrected chi connectivity index (χ1v) is 10.3. The molecule has 0 amide bonds. The van der Waals surface area contributed by atoms with Crippen LogP contribution in [0.1, 0.15) is 31.7 Å². The lowest BCUT2D eigenvalue weighted by Gasteiger charge is -2.49. The molecule has 1 aliphatic carbocycles. The van der Waals surface area contributed by atoms with Gasteiger partial charge in [0.1, 0.15) is 5.60 Å². The van der Waals surface area contributed by atoms with Crippen LogP contribution in [-0.2, 0) is 20.5 Å². The summed E-state index contributed by atoms with van der Waals surface area (Å²) in [6, 6.07) is 3.55. The van der Waals surface area contributed by atoms with Crippen LogP contribution < -0.4 is 4.18 Å². The average Bonchev–Trinajstić information content (AvgIpc) is 2.56. The van der Waals surface area contributed by atoms with E-state index in [1.807, 2.05) is 25.9 Å². The number of alkyl halides is 3. The highest BCUT2D eigenvalue weighted by Gasteiger charge is 2.51. The SMILES string of the molecule is COC1(c2cccc(OS(=O)(=O)C(F)(F)F)c2F)C(C)CCCC1CN(C)C. The van der Waals surface area contributed by atoms with Crippen LogP contribution in [0.5, 0.6) is 5.75 Å².